The fourth-order valence-corrected chi connectivity index (χ4v) is 2.72. The van der Waals surface area contributed by atoms with Crippen molar-refractivity contribution in [3.63, 3.8) is 0 Å². The summed E-state index contributed by atoms with van der Waals surface area (Å²) in [7, 11) is 1.30. The smallest absolute Gasteiger partial charge is 0.391 e. The normalized spacial score (nSPS) is 26.9. The van der Waals surface area contributed by atoms with E-state index in [4.69, 9.17) is 4.74 Å². The van der Waals surface area contributed by atoms with Gasteiger partial charge in [-0.25, -0.2) is 0 Å². The van der Waals surface area contributed by atoms with Crippen molar-refractivity contribution >= 4 is 5.97 Å². The summed E-state index contributed by atoms with van der Waals surface area (Å²) in [5.74, 6) is -1.62. The Kier molecular flexibility index (Phi) is 6.30. The first-order valence-electron chi connectivity index (χ1n) is 7.20. The van der Waals surface area contributed by atoms with E-state index < -0.39 is 24.1 Å². The lowest BCUT2D eigenvalue weighted by Crippen LogP contribution is -2.50. The molecule has 6 heteroatoms. The van der Waals surface area contributed by atoms with E-state index >= 15 is 0 Å². The van der Waals surface area contributed by atoms with Crippen LogP contribution in [0.1, 0.15) is 46.0 Å². The van der Waals surface area contributed by atoms with Crippen molar-refractivity contribution in [2.75, 3.05) is 7.11 Å². The van der Waals surface area contributed by atoms with Gasteiger partial charge in [0.1, 0.15) is 6.04 Å². The molecule has 3 nitrogen and oxygen atoms in total. The summed E-state index contributed by atoms with van der Waals surface area (Å²) in [6.07, 6.45) is -1.92. The molecule has 1 rings (SSSR count). The summed E-state index contributed by atoms with van der Waals surface area (Å²) in [4.78, 5) is 11.8. The first-order chi connectivity index (χ1) is 9.29. The second kappa shape index (κ2) is 7.29. The Morgan fingerprint density at radius 3 is 2.55 bits per heavy atom. The van der Waals surface area contributed by atoms with Crippen LogP contribution in [-0.4, -0.2) is 31.3 Å². The van der Waals surface area contributed by atoms with Crippen molar-refractivity contribution in [3.8, 4) is 0 Å². The molecule has 4 atom stereocenters. The van der Waals surface area contributed by atoms with Crippen LogP contribution in [0.25, 0.3) is 0 Å². The van der Waals surface area contributed by atoms with Crippen LogP contribution < -0.4 is 5.32 Å². The highest BCUT2D eigenvalue weighted by Gasteiger charge is 2.43. The Morgan fingerprint density at radius 1 is 1.40 bits per heavy atom. The van der Waals surface area contributed by atoms with Crippen LogP contribution in [-0.2, 0) is 9.53 Å². The third kappa shape index (κ3) is 4.65. The Hall–Kier alpha value is -0.780. The van der Waals surface area contributed by atoms with Crippen LogP contribution in [0.4, 0.5) is 13.2 Å². The van der Waals surface area contributed by atoms with E-state index in [9.17, 15) is 18.0 Å². The van der Waals surface area contributed by atoms with Crippen molar-refractivity contribution in [1.82, 2.24) is 5.32 Å². The van der Waals surface area contributed by atoms with Crippen LogP contribution in [0.5, 0.6) is 0 Å². The molecule has 0 aliphatic heterocycles. The molecule has 1 aliphatic rings. The van der Waals surface area contributed by atoms with Gasteiger partial charge in [0.25, 0.3) is 0 Å². The van der Waals surface area contributed by atoms with Gasteiger partial charge in [-0.2, -0.15) is 13.2 Å². The largest absolute Gasteiger partial charge is 0.468 e. The zero-order valence-electron chi connectivity index (χ0n) is 12.3. The Morgan fingerprint density at radius 2 is 2.05 bits per heavy atom. The van der Waals surface area contributed by atoms with Gasteiger partial charge in [0, 0.05) is 6.04 Å². The number of rotatable bonds is 5. The fraction of sp³-hybridized carbons (Fsp3) is 0.929. The van der Waals surface area contributed by atoms with Gasteiger partial charge in [0.15, 0.2) is 0 Å². The molecule has 1 aliphatic carbocycles. The minimum atomic E-state index is -4.14. The van der Waals surface area contributed by atoms with E-state index in [1.165, 1.54) is 7.11 Å². The lowest BCUT2D eigenvalue weighted by molar-refractivity contribution is -0.184. The highest BCUT2D eigenvalue weighted by molar-refractivity contribution is 5.76. The molecule has 0 bridgehead atoms. The van der Waals surface area contributed by atoms with Crippen LogP contribution in [0.15, 0.2) is 0 Å². The van der Waals surface area contributed by atoms with E-state index in [0.717, 1.165) is 6.42 Å². The summed E-state index contributed by atoms with van der Waals surface area (Å²) >= 11 is 0. The highest BCUT2D eigenvalue weighted by Crippen LogP contribution is 2.37. The van der Waals surface area contributed by atoms with Crippen LogP contribution in [0, 0.1) is 11.8 Å². The molecule has 0 heterocycles. The molecular weight excluding hydrogens is 271 g/mol. The zero-order chi connectivity index (χ0) is 15.3. The maximum absolute atomic E-state index is 12.8. The maximum atomic E-state index is 12.8. The van der Waals surface area contributed by atoms with E-state index in [1.807, 2.05) is 13.8 Å². The minimum Gasteiger partial charge on any atom is -0.468 e. The Balaban J connectivity index is 2.66. The molecule has 118 valence electrons. The van der Waals surface area contributed by atoms with Gasteiger partial charge in [-0.05, 0) is 25.2 Å². The van der Waals surface area contributed by atoms with E-state index in [-0.39, 0.29) is 24.8 Å². The quantitative estimate of drug-likeness (QED) is 0.791. The zero-order valence-corrected chi connectivity index (χ0v) is 12.3. The van der Waals surface area contributed by atoms with Gasteiger partial charge in [-0.15, -0.1) is 0 Å². The minimum absolute atomic E-state index is 0.0358. The van der Waals surface area contributed by atoms with Gasteiger partial charge < -0.3 is 10.1 Å². The topological polar surface area (TPSA) is 38.3 Å². The van der Waals surface area contributed by atoms with Gasteiger partial charge in [-0.1, -0.05) is 26.7 Å². The lowest BCUT2D eigenvalue weighted by atomic mass is 9.84. The van der Waals surface area contributed by atoms with Crippen molar-refractivity contribution in [3.05, 3.63) is 0 Å². The molecule has 0 radical (unpaired) electrons. The fourth-order valence-electron chi connectivity index (χ4n) is 2.72. The SMILES string of the molecule is CCC(C)C(NC1CCCC(C(F)(F)F)C1)C(=O)OC. The van der Waals surface area contributed by atoms with Gasteiger partial charge in [-0.3, -0.25) is 4.79 Å². The molecule has 1 saturated carbocycles. The van der Waals surface area contributed by atoms with Crippen molar-refractivity contribution in [2.24, 2.45) is 11.8 Å². The number of carbonyl (C=O) groups excluding carboxylic acids is 1. The number of methoxy groups -OCH3 is 1. The number of ether oxygens (including phenoxy) is 1. The van der Waals surface area contributed by atoms with Gasteiger partial charge in [0.05, 0.1) is 13.0 Å². The predicted molar refractivity (Wildman–Crippen MR) is 70.2 cm³/mol. The van der Waals surface area contributed by atoms with Crippen molar-refractivity contribution < 1.29 is 22.7 Å². The van der Waals surface area contributed by atoms with Gasteiger partial charge >= 0.3 is 12.1 Å². The highest BCUT2D eigenvalue weighted by atomic mass is 19.4. The third-order valence-corrected chi connectivity index (χ3v) is 4.22. The van der Waals surface area contributed by atoms with Crippen LogP contribution >= 0.6 is 0 Å². The lowest BCUT2D eigenvalue weighted by Gasteiger charge is -2.34. The second-order valence-electron chi connectivity index (χ2n) is 5.66. The summed E-state index contributed by atoms with van der Waals surface area (Å²) in [5.41, 5.74) is 0. The number of alkyl halides is 3. The standard InChI is InChI=1S/C14H24F3NO2/c1-4-9(2)12(13(19)20-3)18-11-7-5-6-10(8-11)14(15,16)17/h9-12,18H,4-8H2,1-3H3. The summed E-state index contributed by atoms with van der Waals surface area (Å²) in [6, 6.07) is -0.796. The molecular formula is C14H24F3NO2. The first kappa shape index (κ1) is 17.3. The summed E-state index contributed by atoms with van der Waals surface area (Å²) < 4.78 is 43.1. The van der Waals surface area contributed by atoms with Crippen LogP contribution in [0.3, 0.4) is 0 Å². The number of hydrogen-bond donors (Lipinski definition) is 1. The number of carbonyl (C=O) groups is 1. The molecule has 1 fully saturated rings. The molecule has 1 N–H and O–H groups in total. The Labute approximate surface area is 118 Å². The molecule has 0 aromatic heterocycles. The summed E-state index contributed by atoms with van der Waals surface area (Å²) in [6.45, 7) is 3.85. The molecule has 20 heavy (non-hydrogen) atoms. The van der Waals surface area contributed by atoms with Crippen molar-refractivity contribution in [2.45, 2.75) is 64.2 Å². The number of hydrogen-bond acceptors (Lipinski definition) is 3. The van der Waals surface area contributed by atoms with Crippen LogP contribution in [0.2, 0.25) is 0 Å². The molecule has 0 aromatic carbocycles. The monoisotopic (exact) mass is 295 g/mol. The van der Waals surface area contributed by atoms with E-state index in [0.29, 0.717) is 12.8 Å². The molecule has 0 amide bonds. The predicted octanol–water partition coefficient (Wildman–Crippen LogP) is 3.28. The third-order valence-electron chi connectivity index (χ3n) is 4.22. The average molecular weight is 295 g/mol. The number of halogens is 3. The first-order valence-corrected chi connectivity index (χ1v) is 7.20. The van der Waals surface area contributed by atoms with E-state index in [2.05, 4.69) is 5.32 Å². The second-order valence-corrected chi connectivity index (χ2v) is 5.66. The molecule has 0 aromatic rings. The number of nitrogens with one attached hydrogen (secondary N) is 1. The van der Waals surface area contributed by atoms with Gasteiger partial charge in [0.2, 0.25) is 0 Å². The maximum Gasteiger partial charge on any atom is 0.391 e. The molecule has 4 unspecified atom stereocenters. The summed E-state index contributed by atoms with van der Waals surface area (Å²) in [5, 5.41) is 3.08. The number of esters is 1. The Bertz CT molecular complexity index is 320. The molecule has 0 saturated heterocycles. The average Bonchev–Trinajstić information content (AvgIpc) is 2.42. The molecule has 0 spiro atoms. The van der Waals surface area contributed by atoms with E-state index in [1.54, 1.807) is 0 Å². The van der Waals surface area contributed by atoms with Crippen molar-refractivity contribution in [1.29, 1.82) is 0 Å².